The first kappa shape index (κ1) is 8.97. The highest BCUT2D eigenvalue weighted by Gasteiger charge is 2.28. The third kappa shape index (κ3) is 2.77. The number of hydrogen-bond acceptors (Lipinski definition) is 3. The van der Waals surface area contributed by atoms with Crippen molar-refractivity contribution in [3.63, 3.8) is 0 Å². The molecule has 0 spiro atoms. The van der Waals surface area contributed by atoms with Crippen molar-refractivity contribution in [1.82, 2.24) is 5.32 Å². The van der Waals surface area contributed by atoms with Crippen molar-refractivity contribution >= 4 is 0 Å². The van der Waals surface area contributed by atoms with Crippen LogP contribution in [0.15, 0.2) is 0 Å². The van der Waals surface area contributed by atoms with Crippen LogP contribution in [0.4, 0.5) is 0 Å². The first-order valence-corrected chi connectivity index (χ1v) is 4.21. The first-order chi connectivity index (χ1) is 5.12. The van der Waals surface area contributed by atoms with Crippen molar-refractivity contribution < 1.29 is 4.74 Å². The molecule has 0 saturated carbocycles. The molecule has 1 fully saturated rings. The smallest absolute Gasteiger partial charge is 0.0646 e. The number of nitrogens with one attached hydrogen (secondary N) is 1. The molecule has 0 radical (unpaired) electrons. The summed E-state index contributed by atoms with van der Waals surface area (Å²) < 4.78 is 5.29. The maximum atomic E-state index is 5.63. The third-order valence-electron chi connectivity index (χ3n) is 2.07. The second kappa shape index (κ2) is 3.52. The fraction of sp³-hybridized carbons (Fsp3) is 1.00. The van der Waals surface area contributed by atoms with Gasteiger partial charge in [-0.25, -0.2) is 0 Å². The number of rotatable bonds is 3. The van der Waals surface area contributed by atoms with E-state index in [-0.39, 0.29) is 11.6 Å². The molecule has 0 amide bonds. The fourth-order valence-electron chi connectivity index (χ4n) is 1.21. The molecule has 0 aromatic heterocycles. The van der Waals surface area contributed by atoms with Crippen molar-refractivity contribution in [2.75, 3.05) is 19.8 Å². The lowest BCUT2D eigenvalue weighted by atomic mass is 10.0. The van der Waals surface area contributed by atoms with Crippen LogP contribution in [0.2, 0.25) is 0 Å². The molecule has 66 valence electrons. The Morgan fingerprint density at radius 3 is 2.91 bits per heavy atom. The summed E-state index contributed by atoms with van der Waals surface area (Å²) in [5, 5.41) is 3.41. The van der Waals surface area contributed by atoms with E-state index in [2.05, 4.69) is 12.2 Å². The molecular formula is C8H18N2O. The van der Waals surface area contributed by atoms with Gasteiger partial charge in [0.2, 0.25) is 0 Å². The van der Waals surface area contributed by atoms with Gasteiger partial charge in [-0.05, 0) is 20.3 Å². The summed E-state index contributed by atoms with van der Waals surface area (Å²) in [6.07, 6.45) is 1.10. The van der Waals surface area contributed by atoms with Crippen molar-refractivity contribution in [2.24, 2.45) is 5.73 Å². The van der Waals surface area contributed by atoms with E-state index in [0.29, 0.717) is 0 Å². The molecule has 0 aliphatic carbocycles. The predicted octanol–water partition coefficient (Wildman–Crippen LogP) is 0.102. The van der Waals surface area contributed by atoms with Crippen LogP contribution in [0, 0.1) is 0 Å². The zero-order valence-electron chi connectivity index (χ0n) is 7.39. The zero-order chi connectivity index (χ0) is 8.32. The van der Waals surface area contributed by atoms with E-state index in [0.717, 1.165) is 26.2 Å². The van der Waals surface area contributed by atoms with Crippen molar-refractivity contribution in [1.29, 1.82) is 0 Å². The quantitative estimate of drug-likeness (QED) is 0.612. The Bertz CT molecular complexity index is 119. The van der Waals surface area contributed by atoms with Gasteiger partial charge in [0.1, 0.15) is 0 Å². The molecule has 0 aromatic rings. The highest BCUT2D eigenvalue weighted by atomic mass is 16.5. The Labute approximate surface area is 68.3 Å². The number of hydrogen-bond donors (Lipinski definition) is 2. The second-order valence-electron chi connectivity index (χ2n) is 3.72. The van der Waals surface area contributed by atoms with Gasteiger partial charge in [-0.15, -0.1) is 0 Å². The van der Waals surface area contributed by atoms with Gasteiger partial charge in [0, 0.05) is 24.7 Å². The Balaban J connectivity index is 2.23. The maximum Gasteiger partial charge on any atom is 0.0646 e. The van der Waals surface area contributed by atoms with Crippen LogP contribution in [0.25, 0.3) is 0 Å². The van der Waals surface area contributed by atoms with Gasteiger partial charge in [0.15, 0.2) is 0 Å². The first-order valence-electron chi connectivity index (χ1n) is 4.21. The Morgan fingerprint density at radius 2 is 2.45 bits per heavy atom. The molecule has 3 nitrogen and oxygen atoms in total. The van der Waals surface area contributed by atoms with E-state index >= 15 is 0 Å². The molecule has 1 saturated heterocycles. The SMILES string of the molecule is C[C@@H](N)CNC1(C)CCOC1. The van der Waals surface area contributed by atoms with Gasteiger partial charge >= 0.3 is 0 Å². The summed E-state index contributed by atoms with van der Waals surface area (Å²) in [5.74, 6) is 0. The van der Waals surface area contributed by atoms with Gasteiger partial charge in [-0.2, -0.15) is 0 Å². The molecule has 0 bridgehead atoms. The molecule has 1 heterocycles. The highest BCUT2D eigenvalue weighted by molar-refractivity contribution is 4.87. The van der Waals surface area contributed by atoms with E-state index in [4.69, 9.17) is 10.5 Å². The van der Waals surface area contributed by atoms with Gasteiger partial charge in [-0.1, -0.05) is 0 Å². The molecular weight excluding hydrogens is 140 g/mol. The molecule has 1 unspecified atom stereocenters. The molecule has 3 N–H and O–H groups in total. The molecule has 1 aliphatic rings. The number of ether oxygens (including phenoxy) is 1. The predicted molar refractivity (Wildman–Crippen MR) is 45.5 cm³/mol. The third-order valence-corrected chi connectivity index (χ3v) is 2.07. The van der Waals surface area contributed by atoms with Crippen LogP contribution in [0.1, 0.15) is 20.3 Å². The highest BCUT2D eigenvalue weighted by Crippen LogP contribution is 2.16. The molecule has 11 heavy (non-hydrogen) atoms. The minimum absolute atomic E-state index is 0.174. The zero-order valence-corrected chi connectivity index (χ0v) is 7.39. The Hall–Kier alpha value is -0.120. The normalized spacial score (nSPS) is 34.1. The van der Waals surface area contributed by atoms with Crippen molar-refractivity contribution in [3.05, 3.63) is 0 Å². The molecule has 0 aromatic carbocycles. The second-order valence-corrected chi connectivity index (χ2v) is 3.72. The van der Waals surface area contributed by atoms with Gasteiger partial charge in [0.25, 0.3) is 0 Å². The molecule has 3 heteroatoms. The van der Waals surface area contributed by atoms with Gasteiger partial charge in [-0.3, -0.25) is 0 Å². The largest absolute Gasteiger partial charge is 0.379 e. The van der Waals surface area contributed by atoms with E-state index in [9.17, 15) is 0 Å². The monoisotopic (exact) mass is 158 g/mol. The van der Waals surface area contributed by atoms with Gasteiger partial charge in [0.05, 0.1) is 6.61 Å². The Morgan fingerprint density at radius 1 is 1.73 bits per heavy atom. The lowest BCUT2D eigenvalue weighted by Crippen LogP contribution is -2.47. The lowest BCUT2D eigenvalue weighted by Gasteiger charge is -2.24. The summed E-state index contributed by atoms with van der Waals surface area (Å²) in [6, 6.07) is 0.229. The fourth-order valence-corrected chi connectivity index (χ4v) is 1.21. The lowest BCUT2D eigenvalue weighted by molar-refractivity contribution is 0.171. The summed E-state index contributed by atoms with van der Waals surface area (Å²) >= 11 is 0. The van der Waals surface area contributed by atoms with Crippen LogP contribution in [0.3, 0.4) is 0 Å². The van der Waals surface area contributed by atoms with Crippen LogP contribution in [-0.2, 0) is 4.74 Å². The standard InChI is InChI=1S/C8H18N2O/c1-7(9)5-10-8(2)3-4-11-6-8/h7,10H,3-6,9H2,1-2H3/t7-,8?/m1/s1. The maximum absolute atomic E-state index is 5.63. The number of nitrogens with two attached hydrogens (primary N) is 1. The summed E-state index contributed by atoms with van der Waals surface area (Å²) in [4.78, 5) is 0. The van der Waals surface area contributed by atoms with Crippen LogP contribution in [0.5, 0.6) is 0 Å². The summed E-state index contributed by atoms with van der Waals surface area (Å²) in [5.41, 5.74) is 5.80. The molecule has 1 rings (SSSR count). The molecule has 1 aliphatic heterocycles. The van der Waals surface area contributed by atoms with Gasteiger partial charge < -0.3 is 15.8 Å². The van der Waals surface area contributed by atoms with E-state index in [1.54, 1.807) is 0 Å². The minimum Gasteiger partial charge on any atom is -0.379 e. The van der Waals surface area contributed by atoms with Crippen molar-refractivity contribution in [2.45, 2.75) is 31.8 Å². The molecule has 2 atom stereocenters. The summed E-state index contributed by atoms with van der Waals surface area (Å²) in [6.45, 7) is 6.76. The topological polar surface area (TPSA) is 47.3 Å². The van der Waals surface area contributed by atoms with E-state index in [1.165, 1.54) is 0 Å². The van der Waals surface area contributed by atoms with E-state index < -0.39 is 0 Å². The minimum atomic E-state index is 0.174. The van der Waals surface area contributed by atoms with Crippen LogP contribution >= 0.6 is 0 Å². The summed E-state index contributed by atoms with van der Waals surface area (Å²) in [7, 11) is 0. The van der Waals surface area contributed by atoms with E-state index in [1.807, 2.05) is 6.92 Å². The average molecular weight is 158 g/mol. The van der Waals surface area contributed by atoms with Crippen LogP contribution < -0.4 is 11.1 Å². The average Bonchev–Trinajstić information content (AvgIpc) is 2.33. The van der Waals surface area contributed by atoms with Crippen LogP contribution in [-0.4, -0.2) is 31.3 Å². The van der Waals surface area contributed by atoms with Crippen molar-refractivity contribution in [3.8, 4) is 0 Å². The Kier molecular flexibility index (Phi) is 2.87.